The Kier molecular flexibility index (Phi) is 5.37. The number of carbonyl (C=O) groups excluding carboxylic acids is 1. The van der Waals surface area contributed by atoms with Gasteiger partial charge in [-0.25, -0.2) is 0 Å². The molecule has 3 heterocycles. The van der Waals surface area contributed by atoms with Crippen molar-refractivity contribution in [2.75, 3.05) is 38.8 Å². The molecule has 1 amide bonds. The summed E-state index contributed by atoms with van der Waals surface area (Å²) in [4.78, 5) is 21.7. The summed E-state index contributed by atoms with van der Waals surface area (Å²) in [6.45, 7) is 3.34. The molecule has 2 aromatic rings. The summed E-state index contributed by atoms with van der Waals surface area (Å²) in [5.74, 6) is 1.41. The smallest absolute Gasteiger partial charge is 0.272 e. The molecule has 0 N–H and O–H groups in total. The number of fused-ring (bicyclic) bond motifs is 1. The highest BCUT2D eigenvalue weighted by Gasteiger charge is 2.25. The Labute approximate surface area is 166 Å². The van der Waals surface area contributed by atoms with Gasteiger partial charge in [-0.1, -0.05) is 0 Å². The first-order chi connectivity index (χ1) is 13.7. The lowest BCUT2D eigenvalue weighted by Crippen LogP contribution is -2.36. The zero-order valence-corrected chi connectivity index (χ0v) is 16.6. The summed E-state index contributed by atoms with van der Waals surface area (Å²) in [6, 6.07) is 7.94. The number of benzene rings is 1. The van der Waals surface area contributed by atoms with Gasteiger partial charge in [0.05, 0.1) is 14.2 Å². The van der Waals surface area contributed by atoms with Crippen LogP contribution in [0.3, 0.4) is 0 Å². The molecule has 6 nitrogen and oxygen atoms in total. The molecule has 0 bridgehead atoms. The van der Waals surface area contributed by atoms with Crippen molar-refractivity contribution in [3.63, 3.8) is 0 Å². The first kappa shape index (κ1) is 18.6. The number of hydrogen-bond acceptors (Lipinski definition) is 5. The maximum Gasteiger partial charge on any atom is 0.272 e. The van der Waals surface area contributed by atoms with E-state index in [-0.39, 0.29) is 5.91 Å². The van der Waals surface area contributed by atoms with Gasteiger partial charge in [0.25, 0.3) is 5.91 Å². The fourth-order valence-corrected chi connectivity index (χ4v) is 4.10. The number of nitrogens with zero attached hydrogens (tertiary/aromatic N) is 3. The highest BCUT2D eigenvalue weighted by atomic mass is 16.5. The Hall–Kier alpha value is -2.76. The minimum absolute atomic E-state index is 0.0145. The van der Waals surface area contributed by atoms with Crippen LogP contribution in [0.5, 0.6) is 11.5 Å². The van der Waals surface area contributed by atoms with Gasteiger partial charge in [-0.3, -0.25) is 9.78 Å². The Balaban J connectivity index is 1.53. The van der Waals surface area contributed by atoms with Gasteiger partial charge in [-0.05, 0) is 61.1 Å². The van der Waals surface area contributed by atoms with E-state index >= 15 is 0 Å². The number of rotatable bonds is 4. The second-order valence-electron chi connectivity index (χ2n) is 7.40. The fourth-order valence-electron chi connectivity index (χ4n) is 4.10. The molecule has 1 fully saturated rings. The number of ether oxygens (including phenoxy) is 2. The van der Waals surface area contributed by atoms with Crippen molar-refractivity contribution in [1.82, 2.24) is 9.88 Å². The van der Waals surface area contributed by atoms with E-state index in [1.54, 1.807) is 20.4 Å². The van der Waals surface area contributed by atoms with Crippen molar-refractivity contribution in [3.05, 3.63) is 47.3 Å². The quantitative estimate of drug-likeness (QED) is 0.813. The zero-order valence-electron chi connectivity index (χ0n) is 16.6. The maximum absolute atomic E-state index is 13.1. The van der Waals surface area contributed by atoms with Crippen molar-refractivity contribution in [1.29, 1.82) is 0 Å². The lowest BCUT2D eigenvalue weighted by molar-refractivity contribution is 0.0728. The second-order valence-corrected chi connectivity index (χ2v) is 7.40. The van der Waals surface area contributed by atoms with Crippen LogP contribution in [0.25, 0.3) is 0 Å². The molecule has 0 spiro atoms. The third kappa shape index (κ3) is 3.63. The molecule has 148 valence electrons. The minimum atomic E-state index is -0.0145. The number of piperidine rings is 1. The number of carbonyl (C=O) groups is 1. The van der Waals surface area contributed by atoms with E-state index in [1.807, 2.05) is 29.2 Å². The van der Waals surface area contributed by atoms with Crippen LogP contribution in [0.15, 0.2) is 30.5 Å². The van der Waals surface area contributed by atoms with Gasteiger partial charge in [0, 0.05) is 38.1 Å². The number of anilines is 1. The van der Waals surface area contributed by atoms with Gasteiger partial charge in [0.1, 0.15) is 5.69 Å². The summed E-state index contributed by atoms with van der Waals surface area (Å²) in [5.41, 5.74) is 3.93. The molecule has 2 aliphatic heterocycles. The molecule has 28 heavy (non-hydrogen) atoms. The standard InChI is InChI=1S/C22H27N3O3/c1-27-20-12-16-7-11-25(15-17(16)13-21(20)28-2)22(26)19-14-18(6-8-23-19)24-9-4-3-5-10-24/h6,8,12-14H,3-5,7,9-11,15H2,1-2H3. The average Bonchev–Trinajstić information content (AvgIpc) is 2.77. The van der Waals surface area contributed by atoms with Crippen LogP contribution >= 0.6 is 0 Å². The summed E-state index contributed by atoms with van der Waals surface area (Å²) in [5, 5.41) is 0. The van der Waals surface area contributed by atoms with E-state index < -0.39 is 0 Å². The third-order valence-electron chi connectivity index (χ3n) is 5.69. The Morgan fingerprint density at radius 2 is 1.68 bits per heavy atom. The number of hydrogen-bond donors (Lipinski definition) is 0. The summed E-state index contributed by atoms with van der Waals surface area (Å²) >= 11 is 0. The van der Waals surface area contributed by atoms with Crippen molar-refractivity contribution in [3.8, 4) is 11.5 Å². The Morgan fingerprint density at radius 1 is 0.964 bits per heavy atom. The Morgan fingerprint density at radius 3 is 2.39 bits per heavy atom. The predicted molar refractivity (Wildman–Crippen MR) is 108 cm³/mol. The topological polar surface area (TPSA) is 54.9 Å². The summed E-state index contributed by atoms with van der Waals surface area (Å²) in [7, 11) is 3.27. The molecule has 1 saturated heterocycles. The Bertz CT molecular complexity index is 862. The molecule has 0 atom stereocenters. The molecule has 1 aromatic carbocycles. The summed E-state index contributed by atoms with van der Waals surface area (Å²) in [6.07, 6.45) is 6.25. The van der Waals surface area contributed by atoms with Gasteiger partial charge in [0.15, 0.2) is 11.5 Å². The predicted octanol–water partition coefficient (Wildman–Crippen LogP) is 3.29. The van der Waals surface area contributed by atoms with E-state index in [9.17, 15) is 4.79 Å². The van der Waals surface area contributed by atoms with Gasteiger partial charge in [0.2, 0.25) is 0 Å². The number of pyridine rings is 1. The highest BCUT2D eigenvalue weighted by molar-refractivity contribution is 5.93. The van der Waals surface area contributed by atoms with Crippen LogP contribution in [0, 0.1) is 0 Å². The van der Waals surface area contributed by atoms with Crippen LogP contribution in [0.2, 0.25) is 0 Å². The molecule has 6 heteroatoms. The molecule has 0 radical (unpaired) electrons. The molecule has 2 aliphatic rings. The van der Waals surface area contributed by atoms with E-state index in [4.69, 9.17) is 9.47 Å². The zero-order chi connectivity index (χ0) is 19.5. The highest BCUT2D eigenvalue weighted by Crippen LogP contribution is 2.33. The van der Waals surface area contributed by atoms with E-state index in [0.29, 0.717) is 24.5 Å². The fraction of sp³-hybridized carbons (Fsp3) is 0.455. The van der Waals surface area contributed by atoms with Gasteiger partial charge in [-0.2, -0.15) is 0 Å². The van der Waals surface area contributed by atoms with Crippen LogP contribution in [0.1, 0.15) is 40.9 Å². The normalized spacial score (nSPS) is 16.5. The van der Waals surface area contributed by atoms with Crippen LogP contribution in [-0.2, 0) is 13.0 Å². The van der Waals surface area contributed by atoms with Crippen LogP contribution in [0.4, 0.5) is 5.69 Å². The summed E-state index contributed by atoms with van der Waals surface area (Å²) < 4.78 is 10.8. The van der Waals surface area contributed by atoms with Crippen molar-refractivity contribution in [2.45, 2.75) is 32.2 Å². The number of amides is 1. The van der Waals surface area contributed by atoms with Crippen molar-refractivity contribution < 1.29 is 14.3 Å². The van der Waals surface area contributed by atoms with E-state index in [1.165, 1.54) is 24.8 Å². The number of methoxy groups -OCH3 is 2. The van der Waals surface area contributed by atoms with Crippen LogP contribution in [-0.4, -0.2) is 49.6 Å². The maximum atomic E-state index is 13.1. The van der Waals surface area contributed by atoms with Crippen molar-refractivity contribution >= 4 is 11.6 Å². The van der Waals surface area contributed by atoms with Crippen LogP contribution < -0.4 is 14.4 Å². The number of aromatic nitrogens is 1. The monoisotopic (exact) mass is 381 g/mol. The first-order valence-corrected chi connectivity index (χ1v) is 9.93. The van der Waals surface area contributed by atoms with Gasteiger partial charge in [-0.15, -0.1) is 0 Å². The average molecular weight is 381 g/mol. The SMILES string of the molecule is COc1cc2c(cc1OC)CN(C(=O)c1cc(N3CCCCC3)ccn1)CC2. The first-order valence-electron chi connectivity index (χ1n) is 9.93. The molecule has 0 aliphatic carbocycles. The molecular weight excluding hydrogens is 354 g/mol. The largest absolute Gasteiger partial charge is 0.493 e. The van der Waals surface area contributed by atoms with Gasteiger partial charge < -0.3 is 19.3 Å². The lowest BCUT2D eigenvalue weighted by atomic mass is 9.98. The molecule has 0 saturated carbocycles. The molecule has 1 aromatic heterocycles. The van der Waals surface area contributed by atoms with E-state index in [2.05, 4.69) is 9.88 Å². The second kappa shape index (κ2) is 8.09. The van der Waals surface area contributed by atoms with E-state index in [0.717, 1.165) is 36.5 Å². The van der Waals surface area contributed by atoms with Crippen molar-refractivity contribution in [2.24, 2.45) is 0 Å². The molecule has 0 unspecified atom stereocenters. The molecular formula is C22H27N3O3. The molecule has 4 rings (SSSR count). The minimum Gasteiger partial charge on any atom is -0.493 e. The third-order valence-corrected chi connectivity index (χ3v) is 5.69. The lowest BCUT2D eigenvalue weighted by Gasteiger charge is -2.31. The van der Waals surface area contributed by atoms with Gasteiger partial charge >= 0.3 is 0 Å².